The van der Waals surface area contributed by atoms with Gasteiger partial charge in [0.05, 0.1) is 6.26 Å². The molecule has 0 saturated heterocycles. The number of furan rings is 1. The number of carbonyl (C=O) groups excluding carboxylic acids is 1. The van der Waals surface area contributed by atoms with Crippen LogP contribution in [0.15, 0.2) is 27.8 Å². The van der Waals surface area contributed by atoms with Crippen molar-refractivity contribution in [2.75, 3.05) is 20.1 Å². The van der Waals surface area contributed by atoms with E-state index in [0.29, 0.717) is 37.1 Å². The molecular weight excluding hydrogens is 398 g/mol. The summed E-state index contributed by atoms with van der Waals surface area (Å²) < 4.78 is 10.6. The van der Waals surface area contributed by atoms with E-state index in [4.69, 9.17) is 9.15 Å². The molecule has 0 bridgehead atoms. The standard InChI is InChI=1S/C21H35N7O3/c1-6-7-9-15(14-24-20(29)31-21(2,3)4)25-19(22-5)23-12-11-17-26-18(28-27-17)16-10-8-13-30-16/h8,10,13,15H,6-7,9,11-12,14H2,1-5H3,(H,24,29)(H2,22,23,25)(H,26,27,28). The Morgan fingerprint density at radius 1 is 1.35 bits per heavy atom. The van der Waals surface area contributed by atoms with E-state index in [-0.39, 0.29) is 6.04 Å². The zero-order chi connectivity index (χ0) is 22.7. The number of alkyl carbamates (subject to hydrolysis) is 1. The minimum atomic E-state index is -0.522. The van der Waals surface area contributed by atoms with Crippen molar-refractivity contribution < 1.29 is 13.9 Å². The van der Waals surface area contributed by atoms with Gasteiger partial charge in [0.2, 0.25) is 5.82 Å². The molecule has 2 aromatic heterocycles. The van der Waals surface area contributed by atoms with Crippen molar-refractivity contribution in [1.29, 1.82) is 0 Å². The highest BCUT2D eigenvalue weighted by Gasteiger charge is 2.18. The molecule has 10 nitrogen and oxygen atoms in total. The van der Waals surface area contributed by atoms with Gasteiger partial charge in [0.25, 0.3) is 0 Å². The van der Waals surface area contributed by atoms with Gasteiger partial charge in [0, 0.05) is 32.6 Å². The summed E-state index contributed by atoms with van der Waals surface area (Å²) in [5.41, 5.74) is -0.522. The van der Waals surface area contributed by atoms with Crippen LogP contribution in [0.3, 0.4) is 0 Å². The number of unbranched alkanes of at least 4 members (excludes halogenated alkanes) is 1. The summed E-state index contributed by atoms with van der Waals surface area (Å²) in [5.74, 6) is 2.58. The third-order valence-electron chi connectivity index (χ3n) is 4.29. The van der Waals surface area contributed by atoms with Crippen molar-refractivity contribution in [2.24, 2.45) is 4.99 Å². The molecule has 0 fully saturated rings. The van der Waals surface area contributed by atoms with Crippen molar-refractivity contribution in [1.82, 2.24) is 31.1 Å². The van der Waals surface area contributed by atoms with Gasteiger partial charge in [0.1, 0.15) is 11.4 Å². The van der Waals surface area contributed by atoms with Gasteiger partial charge < -0.3 is 25.1 Å². The second-order valence-corrected chi connectivity index (χ2v) is 8.20. The van der Waals surface area contributed by atoms with Crippen LogP contribution in [0.25, 0.3) is 11.6 Å². The molecule has 0 aliphatic rings. The van der Waals surface area contributed by atoms with Gasteiger partial charge in [-0.15, -0.1) is 0 Å². The lowest BCUT2D eigenvalue weighted by Gasteiger charge is -2.24. The van der Waals surface area contributed by atoms with E-state index in [1.54, 1.807) is 19.4 Å². The molecule has 0 aliphatic heterocycles. The molecule has 2 heterocycles. The Bertz CT molecular complexity index is 809. The van der Waals surface area contributed by atoms with Gasteiger partial charge in [-0.3, -0.25) is 10.1 Å². The summed E-state index contributed by atoms with van der Waals surface area (Å²) >= 11 is 0. The number of aromatic nitrogens is 3. The smallest absolute Gasteiger partial charge is 0.407 e. The number of H-pyrrole nitrogens is 1. The van der Waals surface area contributed by atoms with E-state index < -0.39 is 11.7 Å². The monoisotopic (exact) mass is 433 g/mol. The van der Waals surface area contributed by atoms with Crippen molar-refractivity contribution in [3.63, 3.8) is 0 Å². The first-order valence-electron chi connectivity index (χ1n) is 10.7. The lowest BCUT2D eigenvalue weighted by Crippen LogP contribution is -2.49. The number of ether oxygens (including phenoxy) is 1. The number of nitrogens with zero attached hydrogens (tertiary/aromatic N) is 3. The maximum absolute atomic E-state index is 12.0. The van der Waals surface area contributed by atoms with Gasteiger partial charge in [-0.2, -0.15) is 5.10 Å². The van der Waals surface area contributed by atoms with E-state index in [1.165, 1.54) is 0 Å². The minimum absolute atomic E-state index is 0.0366. The molecule has 2 rings (SSSR count). The second kappa shape index (κ2) is 12.0. The van der Waals surface area contributed by atoms with Gasteiger partial charge in [-0.1, -0.05) is 19.8 Å². The van der Waals surface area contributed by atoms with E-state index in [0.717, 1.165) is 25.1 Å². The molecule has 1 unspecified atom stereocenters. The minimum Gasteiger partial charge on any atom is -0.461 e. The quantitative estimate of drug-likeness (QED) is 0.335. The van der Waals surface area contributed by atoms with Gasteiger partial charge >= 0.3 is 6.09 Å². The van der Waals surface area contributed by atoms with Gasteiger partial charge in [-0.05, 0) is 39.3 Å². The molecule has 1 amide bonds. The largest absolute Gasteiger partial charge is 0.461 e. The predicted octanol–water partition coefficient (Wildman–Crippen LogP) is 2.86. The van der Waals surface area contributed by atoms with Crippen molar-refractivity contribution >= 4 is 12.1 Å². The zero-order valence-electron chi connectivity index (χ0n) is 19.1. The number of hydrogen-bond acceptors (Lipinski definition) is 6. The number of nitrogens with one attached hydrogen (secondary N) is 4. The molecule has 0 saturated carbocycles. The summed E-state index contributed by atoms with van der Waals surface area (Å²) in [7, 11) is 1.72. The molecule has 172 valence electrons. The van der Waals surface area contributed by atoms with Crippen LogP contribution < -0.4 is 16.0 Å². The lowest BCUT2D eigenvalue weighted by molar-refractivity contribution is 0.0522. The maximum Gasteiger partial charge on any atom is 0.407 e. The third-order valence-corrected chi connectivity index (χ3v) is 4.29. The molecule has 1 atom stereocenters. The van der Waals surface area contributed by atoms with Gasteiger partial charge in [0.15, 0.2) is 11.7 Å². The Balaban J connectivity index is 1.81. The van der Waals surface area contributed by atoms with E-state index in [9.17, 15) is 4.79 Å². The van der Waals surface area contributed by atoms with Crippen LogP contribution >= 0.6 is 0 Å². The molecule has 0 aliphatic carbocycles. The highest BCUT2D eigenvalue weighted by atomic mass is 16.6. The van der Waals surface area contributed by atoms with E-state index >= 15 is 0 Å². The molecule has 2 aromatic rings. The highest BCUT2D eigenvalue weighted by Crippen LogP contribution is 2.14. The highest BCUT2D eigenvalue weighted by molar-refractivity contribution is 5.80. The number of amides is 1. The average Bonchev–Trinajstić information content (AvgIpc) is 3.39. The van der Waals surface area contributed by atoms with Gasteiger partial charge in [-0.25, -0.2) is 9.78 Å². The Labute approximate surface area is 183 Å². The first-order chi connectivity index (χ1) is 14.8. The number of aromatic amines is 1. The van der Waals surface area contributed by atoms with Crippen molar-refractivity contribution in [3.8, 4) is 11.6 Å². The Morgan fingerprint density at radius 2 is 2.16 bits per heavy atom. The molecule has 0 spiro atoms. The topological polar surface area (TPSA) is 129 Å². The molecule has 4 N–H and O–H groups in total. The Morgan fingerprint density at radius 3 is 2.81 bits per heavy atom. The average molecular weight is 434 g/mol. The predicted molar refractivity (Wildman–Crippen MR) is 120 cm³/mol. The maximum atomic E-state index is 12.0. The van der Waals surface area contributed by atoms with Crippen LogP contribution in [0.4, 0.5) is 4.79 Å². The number of carbonyl (C=O) groups is 1. The molecule has 0 aromatic carbocycles. The Kier molecular flexibility index (Phi) is 9.36. The summed E-state index contributed by atoms with van der Waals surface area (Å²) in [6.45, 7) is 8.74. The fourth-order valence-electron chi connectivity index (χ4n) is 2.81. The summed E-state index contributed by atoms with van der Waals surface area (Å²) in [4.78, 5) is 20.7. The van der Waals surface area contributed by atoms with Crippen LogP contribution in [0, 0.1) is 0 Å². The van der Waals surface area contributed by atoms with Crippen LogP contribution in [0.1, 0.15) is 52.8 Å². The summed E-state index contributed by atoms with van der Waals surface area (Å²) in [6.07, 6.45) is 4.83. The van der Waals surface area contributed by atoms with Crippen molar-refractivity contribution in [2.45, 2.75) is 65.0 Å². The summed E-state index contributed by atoms with van der Waals surface area (Å²) in [5, 5.41) is 16.6. The first kappa shape index (κ1) is 24.2. The first-order valence-corrected chi connectivity index (χ1v) is 10.7. The molecule has 31 heavy (non-hydrogen) atoms. The number of hydrogen-bond donors (Lipinski definition) is 4. The number of rotatable bonds is 10. The van der Waals surface area contributed by atoms with Crippen molar-refractivity contribution in [3.05, 3.63) is 24.2 Å². The van der Waals surface area contributed by atoms with Crippen LogP contribution in [-0.2, 0) is 11.2 Å². The van der Waals surface area contributed by atoms with Crippen LogP contribution in [0.2, 0.25) is 0 Å². The van der Waals surface area contributed by atoms with E-state index in [1.807, 2.05) is 26.8 Å². The second-order valence-electron chi connectivity index (χ2n) is 8.20. The number of guanidine groups is 1. The summed E-state index contributed by atoms with van der Waals surface area (Å²) in [6, 6.07) is 3.66. The zero-order valence-corrected chi connectivity index (χ0v) is 19.1. The van der Waals surface area contributed by atoms with Crippen LogP contribution in [-0.4, -0.2) is 59.0 Å². The normalized spacial score (nSPS) is 13.0. The molecular formula is C21H35N7O3. The SMILES string of the molecule is CCCCC(CNC(=O)OC(C)(C)C)NC(=NC)NCCc1nc(-c2ccco2)n[nH]1. The fourth-order valence-corrected chi connectivity index (χ4v) is 2.81. The fraction of sp³-hybridized carbons (Fsp3) is 0.619. The van der Waals surface area contributed by atoms with E-state index in [2.05, 4.69) is 43.0 Å². The molecule has 10 heteroatoms. The third kappa shape index (κ3) is 9.10. The lowest BCUT2D eigenvalue weighted by atomic mass is 10.1. The number of aliphatic imine (C=N–C) groups is 1. The Hall–Kier alpha value is -3.04. The van der Waals surface area contributed by atoms with Crippen LogP contribution in [0.5, 0.6) is 0 Å². The molecule has 0 radical (unpaired) electrons.